The fourth-order valence-electron chi connectivity index (χ4n) is 2.93. The lowest BCUT2D eigenvalue weighted by Gasteiger charge is -2.16. The lowest BCUT2D eigenvalue weighted by Crippen LogP contribution is -2.37. The zero-order valence-corrected chi connectivity index (χ0v) is 14.0. The van der Waals surface area contributed by atoms with Crippen LogP contribution in [0.25, 0.3) is 5.57 Å². The molecule has 1 aromatic rings. The van der Waals surface area contributed by atoms with Crippen LogP contribution in [0.15, 0.2) is 30.3 Å². The molecule has 0 radical (unpaired) electrons. The summed E-state index contributed by atoms with van der Waals surface area (Å²) >= 11 is 4.75. The van der Waals surface area contributed by atoms with Crippen LogP contribution in [-0.4, -0.2) is 36.2 Å². The molecule has 1 aromatic carbocycles. The normalized spacial score (nSPS) is 20.6. The van der Waals surface area contributed by atoms with Crippen molar-refractivity contribution in [3.8, 4) is 0 Å². The summed E-state index contributed by atoms with van der Waals surface area (Å²) < 4.78 is 5.29. The van der Waals surface area contributed by atoms with Crippen molar-refractivity contribution in [2.75, 3.05) is 18.0 Å². The topological polar surface area (TPSA) is 84.7 Å². The van der Waals surface area contributed by atoms with Crippen LogP contribution in [0.1, 0.15) is 24.8 Å². The van der Waals surface area contributed by atoms with Gasteiger partial charge in [0.25, 0.3) is 0 Å². The summed E-state index contributed by atoms with van der Waals surface area (Å²) in [5.74, 6) is 0.177. The zero-order chi connectivity index (χ0) is 17.1. The van der Waals surface area contributed by atoms with Gasteiger partial charge < -0.3 is 15.8 Å². The second kappa shape index (κ2) is 7.00. The van der Waals surface area contributed by atoms with Crippen LogP contribution in [0.5, 0.6) is 0 Å². The predicted octanol–water partition coefficient (Wildman–Crippen LogP) is 1.98. The van der Waals surface area contributed by atoms with Crippen LogP contribution in [0.4, 0.5) is 10.5 Å². The Morgan fingerprint density at radius 1 is 1.29 bits per heavy atom. The summed E-state index contributed by atoms with van der Waals surface area (Å²) in [6.07, 6.45) is 3.47. The Bertz CT molecular complexity index is 700. The number of nitrogens with two attached hydrogens (primary N) is 1. The number of nitrogens with zero attached hydrogens (tertiary/aromatic N) is 1. The molecule has 1 amide bonds. The maximum atomic E-state index is 12.0. The summed E-state index contributed by atoms with van der Waals surface area (Å²) in [5.41, 5.74) is 8.23. The Morgan fingerprint density at radius 3 is 2.71 bits per heavy atom. The number of carbonyl (C=O) groups excluding carboxylic acids is 2. The summed E-state index contributed by atoms with van der Waals surface area (Å²) in [6.45, 7) is 0.833. The number of anilines is 1. The van der Waals surface area contributed by atoms with E-state index in [-0.39, 0.29) is 23.1 Å². The summed E-state index contributed by atoms with van der Waals surface area (Å²) in [4.78, 5) is 25.1. The molecule has 2 aliphatic rings. The number of ether oxygens (including phenoxy) is 1. The summed E-state index contributed by atoms with van der Waals surface area (Å²) in [7, 11) is 0. The fraction of sp³-hybridized carbons (Fsp3) is 0.353. The number of nitrogens with one attached hydrogen (secondary N) is 1. The van der Waals surface area contributed by atoms with Crippen LogP contribution in [0.3, 0.4) is 0 Å². The molecule has 126 valence electrons. The van der Waals surface area contributed by atoms with Gasteiger partial charge in [0.1, 0.15) is 6.10 Å². The van der Waals surface area contributed by atoms with Gasteiger partial charge in [-0.3, -0.25) is 9.69 Å². The van der Waals surface area contributed by atoms with E-state index in [4.69, 9.17) is 22.7 Å². The number of benzene rings is 1. The Hall–Kier alpha value is -2.41. The van der Waals surface area contributed by atoms with E-state index in [1.165, 1.54) is 0 Å². The summed E-state index contributed by atoms with van der Waals surface area (Å²) in [5, 5.41) is 2.99. The van der Waals surface area contributed by atoms with Crippen molar-refractivity contribution < 1.29 is 14.3 Å². The van der Waals surface area contributed by atoms with Gasteiger partial charge in [-0.2, -0.15) is 0 Å². The average Bonchev–Trinajstić information content (AvgIpc) is 2.94. The third-order valence-electron chi connectivity index (χ3n) is 4.13. The third-order valence-corrected chi connectivity index (χ3v) is 4.28. The first-order chi connectivity index (χ1) is 11.5. The molecule has 6 nitrogen and oxygen atoms in total. The molecule has 24 heavy (non-hydrogen) atoms. The maximum Gasteiger partial charge on any atom is 0.414 e. The molecule has 3 rings (SSSR count). The van der Waals surface area contributed by atoms with Gasteiger partial charge in [0.2, 0.25) is 0 Å². The van der Waals surface area contributed by atoms with Crippen molar-refractivity contribution in [3.63, 3.8) is 0 Å². The maximum absolute atomic E-state index is 12.0. The number of hydrogen-bond acceptors (Lipinski definition) is 4. The minimum absolute atomic E-state index is 0.177. The second-order valence-corrected chi connectivity index (χ2v) is 6.34. The first kappa shape index (κ1) is 16.4. The van der Waals surface area contributed by atoms with Crippen molar-refractivity contribution in [3.05, 3.63) is 35.9 Å². The number of rotatable bonds is 4. The van der Waals surface area contributed by atoms with E-state index in [2.05, 4.69) is 5.32 Å². The van der Waals surface area contributed by atoms with Crippen molar-refractivity contribution >= 4 is 40.5 Å². The molecule has 0 spiro atoms. The number of thiocarbonyl (C=S) groups is 1. The van der Waals surface area contributed by atoms with Crippen LogP contribution in [0.2, 0.25) is 0 Å². The van der Waals surface area contributed by atoms with Gasteiger partial charge in [-0.25, -0.2) is 4.79 Å². The minimum atomic E-state index is -0.385. The van der Waals surface area contributed by atoms with Gasteiger partial charge >= 0.3 is 6.09 Å². The molecule has 7 heteroatoms. The summed E-state index contributed by atoms with van der Waals surface area (Å²) in [6, 6.07) is 7.63. The van der Waals surface area contributed by atoms with Crippen molar-refractivity contribution in [1.29, 1.82) is 0 Å². The van der Waals surface area contributed by atoms with Crippen LogP contribution < -0.4 is 16.0 Å². The lowest BCUT2D eigenvalue weighted by molar-refractivity contribution is -0.114. The number of carbonyl (C=O) groups is 2. The SMILES string of the molecule is NC(=S)NC[C@H]1CN(c2ccc(C3=CC(=O)CCC3)cc2)C(=O)O1. The molecule has 1 fully saturated rings. The van der Waals surface area contributed by atoms with Crippen molar-refractivity contribution in [2.45, 2.75) is 25.4 Å². The van der Waals surface area contributed by atoms with E-state index in [0.29, 0.717) is 19.5 Å². The lowest BCUT2D eigenvalue weighted by atomic mass is 9.93. The van der Waals surface area contributed by atoms with Gasteiger partial charge in [-0.1, -0.05) is 12.1 Å². The third kappa shape index (κ3) is 3.73. The Labute approximate surface area is 145 Å². The van der Waals surface area contributed by atoms with Gasteiger partial charge in [0.05, 0.1) is 13.1 Å². The Balaban J connectivity index is 1.68. The van der Waals surface area contributed by atoms with E-state index in [0.717, 1.165) is 29.7 Å². The van der Waals surface area contributed by atoms with Gasteiger partial charge in [-0.05, 0) is 54.4 Å². The minimum Gasteiger partial charge on any atom is -0.442 e. The molecule has 0 aromatic heterocycles. The number of cyclic esters (lactones) is 1. The highest BCUT2D eigenvalue weighted by Gasteiger charge is 2.32. The van der Waals surface area contributed by atoms with Crippen molar-refractivity contribution in [1.82, 2.24) is 5.32 Å². The molecule has 0 saturated carbocycles. The molecule has 1 atom stereocenters. The highest BCUT2D eigenvalue weighted by atomic mass is 32.1. The van der Waals surface area contributed by atoms with E-state index in [1.54, 1.807) is 11.0 Å². The molecule has 1 heterocycles. The smallest absolute Gasteiger partial charge is 0.414 e. The average molecular weight is 345 g/mol. The predicted molar refractivity (Wildman–Crippen MR) is 95.7 cm³/mol. The largest absolute Gasteiger partial charge is 0.442 e. The number of allylic oxidation sites excluding steroid dienone is 2. The van der Waals surface area contributed by atoms with Crippen molar-refractivity contribution in [2.24, 2.45) is 5.73 Å². The number of amides is 1. The molecule has 0 unspecified atom stereocenters. The van der Waals surface area contributed by atoms with Crippen LogP contribution in [0, 0.1) is 0 Å². The molecule has 1 aliphatic carbocycles. The number of hydrogen-bond donors (Lipinski definition) is 2. The quantitative estimate of drug-likeness (QED) is 0.812. The number of ketones is 1. The fourth-order valence-corrected chi connectivity index (χ4v) is 3.01. The zero-order valence-electron chi connectivity index (χ0n) is 13.2. The molecule has 3 N–H and O–H groups in total. The highest BCUT2D eigenvalue weighted by molar-refractivity contribution is 7.80. The van der Waals surface area contributed by atoms with Crippen LogP contribution >= 0.6 is 12.2 Å². The molecule has 1 saturated heterocycles. The van der Waals surface area contributed by atoms with Gasteiger partial charge in [0.15, 0.2) is 10.9 Å². The first-order valence-electron chi connectivity index (χ1n) is 7.88. The van der Waals surface area contributed by atoms with E-state index in [9.17, 15) is 9.59 Å². The van der Waals surface area contributed by atoms with Gasteiger partial charge in [-0.15, -0.1) is 0 Å². The second-order valence-electron chi connectivity index (χ2n) is 5.90. The van der Waals surface area contributed by atoms with Gasteiger partial charge in [0, 0.05) is 12.1 Å². The van der Waals surface area contributed by atoms with E-state index < -0.39 is 0 Å². The monoisotopic (exact) mass is 345 g/mol. The molecule has 1 aliphatic heterocycles. The first-order valence-corrected chi connectivity index (χ1v) is 8.29. The Kier molecular flexibility index (Phi) is 4.80. The van der Waals surface area contributed by atoms with Crippen LogP contribution in [-0.2, 0) is 9.53 Å². The molecular weight excluding hydrogens is 326 g/mol. The molecule has 0 bridgehead atoms. The standard InChI is InChI=1S/C17H19N3O3S/c18-16(24)19-9-15-10-20(17(22)23-15)13-6-4-11(5-7-13)12-2-1-3-14(21)8-12/h4-8,15H,1-3,9-10H2,(H3,18,19,24)/t15-/m0/s1. The highest BCUT2D eigenvalue weighted by Crippen LogP contribution is 2.28. The molecular formula is C17H19N3O3S. The Morgan fingerprint density at radius 2 is 2.04 bits per heavy atom. The van der Waals surface area contributed by atoms with E-state index in [1.807, 2.05) is 24.3 Å². The van der Waals surface area contributed by atoms with E-state index >= 15 is 0 Å².